The number of aliphatic imine (C=N–C) groups is 1. The molecule has 2 aromatic rings. The third-order valence-corrected chi connectivity index (χ3v) is 4.63. The fourth-order valence-electron chi connectivity index (χ4n) is 2.26. The van der Waals surface area contributed by atoms with Crippen LogP contribution in [0.3, 0.4) is 0 Å². The number of benzene rings is 1. The summed E-state index contributed by atoms with van der Waals surface area (Å²) in [5.41, 5.74) is 2.07. The maximum absolute atomic E-state index is 5.62. The number of ether oxygens (including phenoxy) is 2. The molecule has 1 heterocycles. The molecular weight excluding hydrogens is 477 g/mol. The van der Waals surface area contributed by atoms with Crippen LogP contribution >= 0.6 is 35.3 Å². The molecule has 0 fully saturated rings. The minimum atomic E-state index is 0. The fourth-order valence-corrected chi connectivity index (χ4v) is 3.02. The van der Waals surface area contributed by atoms with E-state index in [1.807, 2.05) is 49.5 Å². The number of hydrogen-bond donors (Lipinski definition) is 2. The van der Waals surface area contributed by atoms with Gasteiger partial charge in [-0.1, -0.05) is 6.07 Å². The van der Waals surface area contributed by atoms with Crippen LogP contribution in [0.15, 0.2) is 28.6 Å². The van der Waals surface area contributed by atoms with E-state index in [0.717, 1.165) is 33.8 Å². The van der Waals surface area contributed by atoms with Gasteiger partial charge >= 0.3 is 0 Å². The monoisotopic (exact) mass is 505 g/mol. The largest absolute Gasteiger partial charge is 0.493 e. The molecule has 27 heavy (non-hydrogen) atoms. The van der Waals surface area contributed by atoms with Crippen molar-refractivity contribution in [3.05, 3.63) is 34.8 Å². The summed E-state index contributed by atoms with van der Waals surface area (Å²) < 4.78 is 10.9. The predicted octanol–water partition coefficient (Wildman–Crippen LogP) is 3.10. The van der Waals surface area contributed by atoms with E-state index in [1.165, 1.54) is 0 Å². The summed E-state index contributed by atoms with van der Waals surface area (Å²) >= 11 is 1.63. The maximum Gasteiger partial charge on any atom is 0.191 e. The van der Waals surface area contributed by atoms with Crippen molar-refractivity contribution in [1.29, 1.82) is 0 Å². The normalized spacial score (nSPS) is 10.8. The smallest absolute Gasteiger partial charge is 0.191 e. The predicted molar refractivity (Wildman–Crippen MR) is 123 cm³/mol. The van der Waals surface area contributed by atoms with Gasteiger partial charge in [-0.25, -0.2) is 4.98 Å². The van der Waals surface area contributed by atoms with E-state index in [2.05, 4.69) is 20.6 Å². The molecule has 9 heteroatoms. The molecule has 150 valence electrons. The number of hydrogen-bond acceptors (Lipinski definition) is 6. The Balaban J connectivity index is 0.00000364. The van der Waals surface area contributed by atoms with E-state index >= 15 is 0 Å². The lowest BCUT2D eigenvalue weighted by molar-refractivity contribution is 0.310. The molecule has 2 N–H and O–H groups in total. The molecule has 0 atom stereocenters. The number of anilines is 1. The zero-order chi connectivity index (χ0) is 18.9. The summed E-state index contributed by atoms with van der Waals surface area (Å²) in [5, 5.41) is 9.62. The Morgan fingerprint density at radius 3 is 2.56 bits per heavy atom. The van der Waals surface area contributed by atoms with Crippen LogP contribution in [0.4, 0.5) is 5.13 Å². The minimum Gasteiger partial charge on any atom is -0.493 e. The molecule has 0 saturated carbocycles. The number of guanidine groups is 1. The number of methoxy groups -OCH3 is 1. The van der Waals surface area contributed by atoms with Gasteiger partial charge in [0.25, 0.3) is 0 Å². The topological polar surface area (TPSA) is 71.0 Å². The standard InChI is InChI=1S/C18H27N5O2S.HI/c1-6-25-16-9-13(7-8-15(16)24-5)10-20-17(19-2)21-11-14-12-26-18(22-14)23(3)4;/h7-9,12H,6,10-11H2,1-5H3,(H2,19,20,21);1H. The van der Waals surface area contributed by atoms with Gasteiger partial charge in [0.05, 0.1) is 26.0 Å². The third-order valence-electron chi connectivity index (χ3n) is 3.57. The van der Waals surface area contributed by atoms with Crippen LogP contribution < -0.4 is 25.0 Å². The summed E-state index contributed by atoms with van der Waals surface area (Å²) in [4.78, 5) is 10.8. The van der Waals surface area contributed by atoms with E-state index in [4.69, 9.17) is 9.47 Å². The SMILES string of the molecule is CCOc1cc(CNC(=NC)NCc2csc(N(C)C)n2)ccc1OC.I. The van der Waals surface area contributed by atoms with E-state index in [9.17, 15) is 0 Å². The molecule has 0 bridgehead atoms. The van der Waals surface area contributed by atoms with E-state index in [1.54, 1.807) is 25.5 Å². The Hall–Kier alpha value is -1.75. The van der Waals surface area contributed by atoms with Crippen LogP contribution in [0.5, 0.6) is 11.5 Å². The van der Waals surface area contributed by atoms with Crippen LogP contribution in [0.25, 0.3) is 0 Å². The Bertz CT molecular complexity index is 736. The molecule has 0 saturated heterocycles. The molecule has 0 aliphatic carbocycles. The highest BCUT2D eigenvalue weighted by atomic mass is 127. The van der Waals surface area contributed by atoms with Gasteiger partial charge in [-0.05, 0) is 24.6 Å². The van der Waals surface area contributed by atoms with Gasteiger partial charge in [-0.3, -0.25) is 4.99 Å². The van der Waals surface area contributed by atoms with Crippen molar-refractivity contribution in [2.24, 2.45) is 4.99 Å². The number of thiazole rings is 1. The van der Waals surface area contributed by atoms with E-state index < -0.39 is 0 Å². The highest BCUT2D eigenvalue weighted by molar-refractivity contribution is 14.0. The molecule has 1 aromatic heterocycles. The van der Waals surface area contributed by atoms with E-state index in [-0.39, 0.29) is 24.0 Å². The number of nitrogens with one attached hydrogen (secondary N) is 2. The second-order valence-electron chi connectivity index (χ2n) is 5.71. The number of aromatic nitrogens is 1. The summed E-state index contributed by atoms with van der Waals surface area (Å²) in [5.74, 6) is 2.20. The van der Waals surface area contributed by atoms with Crippen molar-refractivity contribution in [1.82, 2.24) is 15.6 Å². The molecule has 0 aliphatic rings. The zero-order valence-electron chi connectivity index (χ0n) is 16.4. The minimum absolute atomic E-state index is 0. The Morgan fingerprint density at radius 1 is 1.22 bits per heavy atom. The molecular formula is C18H28IN5O2S. The summed E-state index contributed by atoms with van der Waals surface area (Å²) in [7, 11) is 7.37. The van der Waals surface area contributed by atoms with E-state index in [0.29, 0.717) is 19.7 Å². The third kappa shape index (κ3) is 7.06. The highest BCUT2D eigenvalue weighted by Gasteiger charge is 2.07. The lowest BCUT2D eigenvalue weighted by Crippen LogP contribution is -2.36. The quantitative estimate of drug-likeness (QED) is 0.327. The maximum atomic E-state index is 5.62. The molecule has 7 nitrogen and oxygen atoms in total. The van der Waals surface area contributed by atoms with Crippen LogP contribution in [0, 0.1) is 0 Å². The lowest BCUT2D eigenvalue weighted by Gasteiger charge is -2.13. The van der Waals surface area contributed by atoms with Crippen LogP contribution in [0.1, 0.15) is 18.2 Å². The number of rotatable bonds is 8. The van der Waals surface area contributed by atoms with Crippen molar-refractivity contribution in [2.75, 3.05) is 39.8 Å². The molecule has 0 amide bonds. The van der Waals surface area contributed by atoms with Gasteiger partial charge in [0.2, 0.25) is 0 Å². The summed E-state index contributed by atoms with van der Waals surface area (Å²) in [6.07, 6.45) is 0. The van der Waals surface area contributed by atoms with Gasteiger partial charge in [-0.2, -0.15) is 0 Å². The van der Waals surface area contributed by atoms with Crippen LogP contribution in [-0.2, 0) is 13.1 Å². The van der Waals surface area contributed by atoms with Crippen molar-refractivity contribution < 1.29 is 9.47 Å². The first-order chi connectivity index (χ1) is 12.6. The first-order valence-corrected chi connectivity index (χ1v) is 9.31. The van der Waals surface area contributed by atoms with Crippen molar-refractivity contribution >= 4 is 46.4 Å². The summed E-state index contributed by atoms with van der Waals surface area (Å²) in [6, 6.07) is 5.90. The van der Waals surface area contributed by atoms with Crippen LogP contribution in [-0.4, -0.2) is 45.8 Å². The molecule has 0 unspecified atom stereocenters. The molecule has 0 aliphatic heterocycles. The van der Waals surface area contributed by atoms with Gasteiger partial charge in [-0.15, -0.1) is 35.3 Å². The molecule has 0 spiro atoms. The van der Waals surface area contributed by atoms with Gasteiger partial charge in [0.15, 0.2) is 22.6 Å². The Kier molecular flexibility index (Phi) is 10.2. The Morgan fingerprint density at radius 2 is 1.96 bits per heavy atom. The van der Waals surface area contributed by atoms with Crippen molar-refractivity contribution in [3.63, 3.8) is 0 Å². The lowest BCUT2D eigenvalue weighted by atomic mass is 10.2. The highest BCUT2D eigenvalue weighted by Crippen LogP contribution is 2.27. The first kappa shape index (κ1) is 23.3. The van der Waals surface area contributed by atoms with Crippen molar-refractivity contribution in [2.45, 2.75) is 20.0 Å². The first-order valence-electron chi connectivity index (χ1n) is 8.43. The second-order valence-corrected chi connectivity index (χ2v) is 6.55. The van der Waals surface area contributed by atoms with Gasteiger partial charge in [0, 0.05) is 33.1 Å². The molecule has 1 aromatic carbocycles. The number of halogens is 1. The van der Waals surface area contributed by atoms with Crippen molar-refractivity contribution in [3.8, 4) is 11.5 Å². The molecule has 0 radical (unpaired) electrons. The second kappa shape index (κ2) is 11.9. The zero-order valence-corrected chi connectivity index (χ0v) is 19.6. The van der Waals surface area contributed by atoms with Gasteiger partial charge < -0.3 is 25.0 Å². The molecule has 2 rings (SSSR count). The average Bonchev–Trinajstić information content (AvgIpc) is 3.12. The fraction of sp³-hybridized carbons (Fsp3) is 0.444. The van der Waals surface area contributed by atoms with Crippen LogP contribution in [0.2, 0.25) is 0 Å². The Labute approximate surface area is 182 Å². The number of nitrogens with zero attached hydrogens (tertiary/aromatic N) is 3. The summed E-state index contributed by atoms with van der Waals surface area (Å²) in [6.45, 7) is 3.80. The average molecular weight is 505 g/mol. The van der Waals surface area contributed by atoms with Gasteiger partial charge in [0.1, 0.15) is 0 Å².